The maximum absolute atomic E-state index is 4.58. The maximum Gasteiger partial charge on any atom is 0.269 e. The number of rotatable bonds is 0. The molecule has 0 saturated carbocycles. The number of nitrogens with zero attached hydrogens (tertiary/aromatic N) is 5. The molecule has 0 atom stereocenters. The summed E-state index contributed by atoms with van der Waals surface area (Å²) in [6, 6.07) is 6.24. The first-order valence-corrected chi connectivity index (χ1v) is 7.02. The van der Waals surface area contributed by atoms with Crippen LogP contribution in [0.3, 0.4) is 0 Å². The summed E-state index contributed by atoms with van der Waals surface area (Å²) < 4.78 is 6.84. The first kappa shape index (κ1) is 11.0. The predicted molar refractivity (Wildman–Crippen MR) is 79.7 cm³/mol. The van der Waals surface area contributed by atoms with E-state index in [2.05, 4.69) is 49.9 Å². The second kappa shape index (κ2) is 3.49. The second-order valence-corrected chi connectivity index (χ2v) is 5.60. The lowest BCUT2D eigenvalue weighted by Gasteiger charge is -1.97. The normalized spacial score (nSPS) is 13.0. The fourth-order valence-electron chi connectivity index (χ4n) is 3.67. The van der Waals surface area contributed by atoms with E-state index in [0.717, 1.165) is 12.2 Å². The van der Waals surface area contributed by atoms with Crippen molar-refractivity contribution in [1.82, 2.24) is 19.1 Å². The summed E-state index contributed by atoms with van der Waals surface area (Å²) in [6.07, 6.45) is 5.68. The van der Waals surface area contributed by atoms with Crippen LogP contribution in [0.15, 0.2) is 36.8 Å². The van der Waals surface area contributed by atoms with Gasteiger partial charge in [-0.2, -0.15) is 0 Å². The molecule has 0 aromatic carbocycles. The third-order valence-electron chi connectivity index (χ3n) is 4.54. The van der Waals surface area contributed by atoms with E-state index in [1.165, 1.54) is 33.5 Å². The van der Waals surface area contributed by atoms with Crippen LogP contribution in [0.1, 0.15) is 5.56 Å². The molecule has 0 bridgehead atoms. The molecule has 0 radical (unpaired) electrons. The molecule has 5 rings (SSSR count). The Morgan fingerprint density at radius 3 is 3.05 bits per heavy atom. The van der Waals surface area contributed by atoms with Crippen LogP contribution in [0.2, 0.25) is 0 Å². The zero-order chi connectivity index (χ0) is 14.1. The van der Waals surface area contributed by atoms with Crippen molar-refractivity contribution in [3.05, 3.63) is 42.4 Å². The molecule has 0 spiro atoms. The summed E-state index contributed by atoms with van der Waals surface area (Å²) in [4.78, 5) is 8.89. The molecule has 102 valence electrons. The Kier molecular flexibility index (Phi) is 1.83. The van der Waals surface area contributed by atoms with Gasteiger partial charge < -0.3 is 0 Å². The van der Waals surface area contributed by atoms with Crippen LogP contribution in [0.25, 0.3) is 33.6 Å². The molecule has 21 heavy (non-hydrogen) atoms. The highest BCUT2D eigenvalue weighted by Crippen LogP contribution is 2.35. The van der Waals surface area contributed by atoms with Gasteiger partial charge >= 0.3 is 0 Å². The van der Waals surface area contributed by atoms with Crippen molar-refractivity contribution in [1.29, 1.82) is 0 Å². The van der Waals surface area contributed by atoms with Crippen LogP contribution in [-0.4, -0.2) is 19.1 Å². The highest BCUT2D eigenvalue weighted by molar-refractivity contribution is 6.04. The van der Waals surface area contributed by atoms with Crippen LogP contribution in [-0.2, 0) is 20.6 Å². The Balaban J connectivity index is 2.03. The lowest BCUT2D eigenvalue weighted by Crippen LogP contribution is -2.31. The summed E-state index contributed by atoms with van der Waals surface area (Å²) in [6.45, 7) is 0.879. The number of hydrogen-bond acceptors (Lipinski definition) is 2. The molecular formula is C16H14N5+. The van der Waals surface area contributed by atoms with E-state index in [1.54, 1.807) is 0 Å². The van der Waals surface area contributed by atoms with Crippen molar-refractivity contribution in [3.8, 4) is 11.5 Å². The zero-order valence-corrected chi connectivity index (χ0v) is 11.9. The number of aryl methyl sites for hydroxylation is 2. The van der Waals surface area contributed by atoms with Gasteiger partial charge in [0, 0.05) is 24.2 Å². The van der Waals surface area contributed by atoms with E-state index in [-0.39, 0.29) is 0 Å². The molecule has 4 aromatic heterocycles. The zero-order valence-electron chi connectivity index (χ0n) is 11.9. The summed E-state index contributed by atoms with van der Waals surface area (Å²) in [5, 5.41) is 1.20. The predicted octanol–water partition coefficient (Wildman–Crippen LogP) is 1.78. The third kappa shape index (κ3) is 1.15. The van der Waals surface area contributed by atoms with Gasteiger partial charge in [0.15, 0.2) is 5.52 Å². The molecule has 0 N–H and O–H groups in total. The Hall–Kier alpha value is -2.69. The Bertz CT molecular complexity index is 1040. The monoisotopic (exact) mass is 276 g/mol. The molecular weight excluding hydrogens is 262 g/mol. The van der Waals surface area contributed by atoms with Crippen LogP contribution in [0.4, 0.5) is 0 Å². The van der Waals surface area contributed by atoms with Crippen molar-refractivity contribution in [2.24, 2.45) is 14.1 Å². The van der Waals surface area contributed by atoms with Gasteiger partial charge in [-0.1, -0.05) is 6.07 Å². The van der Waals surface area contributed by atoms with E-state index < -0.39 is 0 Å². The minimum absolute atomic E-state index is 0.879. The van der Waals surface area contributed by atoms with E-state index >= 15 is 0 Å². The van der Waals surface area contributed by atoms with Gasteiger partial charge in [0.05, 0.1) is 26.0 Å². The van der Waals surface area contributed by atoms with E-state index in [0.29, 0.717) is 0 Å². The average Bonchev–Trinajstić information content (AvgIpc) is 3.11. The van der Waals surface area contributed by atoms with Crippen molar-refractivity contribution in [2.75, 3.05) is 0 Å². The topological polar surface area (TPSA) is 39.5 Å². The average molecular weight is 276 g/mol. The van der Waals surface area contributed by atoms with E-state index in [9.17, 15) is 0 Å². The van der Waals surface area contributed by atoms with Crippen molar-refractivity contribution in [2.45, 2.75) is 6.54 Å². The fraction of sp³-hybridized carbons (Fsp3) is 0.188. The molecule has 5 nitrogen and oxygen atoms in total. The summed E-state index contributed by atoms with van der Waals surface area (Å²) in [7, 11) is 4.23. The second-order valence-electron chi connectivity index (χ2n) is 5.60. The molecule has 0 unspecified atom stereocenters. The minimum Gasteiger partial charge on any atom is -0.264 e. The van der Waals surface area contributed by atoms with Gasteiger partial charge in [-0.3, -0.25) is 9.55 Å². The van der Waals surface area contributed by atoms with Gasteiger partial charge in [-0.15, -0.1) is 0 Å². The quantitative estimate of drug-likeness (QED) is 0.404. The van der Waals surface area contributed by atoms with Crippen molar-refractivity contribution >= 4 is 22.1 Å². The molecule has 0 amide bonds. The largest absolute Gasteiger partial charge is 0.269 e. The Morgan fingerprint density at radius 2 is 2.14 bits per heavy atom. The van der Waals surface area contributed by atoms with Gasteiger partial charge in [0.25, 0.3) is 11.5 Å². The molecule has 5 heteroatoms. The number of pyridine rings is 2. The summed E-state index contributed by atoms with van der Waals surface area (Å²) in [5.74, 6) is 1.18. The van der Waals surface area contributed by atoms with Crippen LogP contribution >= 0.6 is 0 Å². The molecule has 1 aliphatic rings. The number of fused-ring (bicyclic) bond motifs is 7. The maximum atomic E-state index is 4.58. The molecule has 4 aromatic rings. The molecule has 0 saturated heterocycles. The van der Waals surface area contributed by atoms with Crippen molar-refractivity contribution < 1.29 is 4.57 Å². The molecule has 5 heterocycles. The van der Waals surface area contributed by atoms with Gasteiger partial charge in [-0.25, -0.2) is 14.1 Å². The number of hydrogen-bond donors (Lipinski definition) is 0. The van der Waals surface area contributed by atoms with Crippen LogP contribution in [0.5, 0.6) is 0 Å². The minimum atomic E-state index is 0.879. The summed E-state index contributed by atoms with van der Waals surface area (Å²) >= 11 is 0. The van der Waals surface area contributed by atoms with E-state index in [4.69, 9.17) is 0 Å². The number of imidazole rings is 1. The molecule has 0 aliphatic carbocycles. The first-order chi connectivity index (χ1) is 10.3. The lowest BCUT2D eigenvalue weighted by atomic mass is 10.2. The summed E-state index contributed by atoms with van der Waals surface area (Å²) in [5.41, 5.74) is 6.05. The molecule has 1 aliphatic heterocycles. The highest BCUT2D eigenvalue weighted by atomic mass is 15.2. The standard InChI is InChI=1S/C16H14N5/c1-19-12-5-7-17-8-11(12)14-16(19)20(2)15-13-10(9-21(14)15)4-3-6-18-13/h3-8H,9H2,1-2H3/q+1. The van der Waals surface area contributed by atoms with Gasteiger partial charge in [-0.05, 0) is 12.1 Å². The number of aromatic nitrogens is 5. The van der Waals surface area contributed by atoms with Gasteiger partial charge in [0.1, 0.15) is 11.2 Å². The van der Waals surface area contributed by atoms with Crippen LogP contribution < -0.4 is 4.57 Å². The Morgan fingerprint density at radius 1 is 1.24 bits per heavy atom. The Labute approximate surface area is 121 Å². The molecule has 0 fully saturated rings. The fourth-order valence-corrected chi connectivity index (χ4v) is 3.67. The SMILES string of the molecule is Cn1c2ccncc2c2c1[n+](C)c1n2Cc2cccnc2-1. The third-order valence-corrected chi connectivity index (χ3v) is 4.54. The van der Waals surface area contributed by atoms with E-state index in [1.807, 2.05) is 24.7 Å². The van der Waals surface area contributed by atoms with Crippen molar-refractivity contribution in [3.63, 3.8) is 0 Å². The lowest BCUT2D eigenvalue weighted by molar-refractivity contribution is -0.636. The first-order valence-electron chi connectivity index (χ1n) is 7.02. The van der Waals surface area contributed by atoms with Crippen LogP contribution in [0, 0.1) is 0 Å². The smallest absolute Gasteiger partial charge is 0.264 e. The van der Waals surface area contributed by atoms with Gasteiger partial charge in [0.2, 0.25) is 0 Å². The highest BCUT2D eigenvalue weighted by Gasteiger charge is 2.35.